The van der Waals surface area contributed by atoms with Crippen LogP contribution >= 0.6 is 0 Å². The first-order valence-corrected chi connectivity index (χ1v) is 4.97. The fourth-order valence-electron chi connectivity index (χ4n) is 1.50. The van der Waals surface area contributed by atoms with Gasteiger partial charge in [0, 0.05) is 31.5 Å². The zero-order valence-corrected chi connectivity index (χ0v) is 9.07. The van der Waals surface area contributed by atoms with Gasteiger partial charge in [-0.3, -0.25) is 4.98 Å². The van der Waals surface area contributed by atoms with E-state index in [9.17, 15) is 0 Å². The van der Waals surface area contributed by atoms with Crippen molar-refractivity contribution < 1.29 is 0 Å². The molecule has 14 heavy (non-hydrogen) atoms. The Morgan fingerprint density at radius 3 is 2.50 bits per heavy atom. The molecule has 0 fully saturated rings. The molecular formula is C10H18N4. The normalized spacial score (nSPS) is 10.6. The molecule has 0 radical (unpaired) electrons. The van der Waals surface area contributed by atoms with Gasteiger partial charge in [0.25, 0.3) is 0 Å². The van der Waals surface area contributed by atoms with Crippen LogP contribution < -0.4 is 10.6 Å². The van der Waals surface area contributed by atoms with Crippen molar-refractivity contribution in [2.45, 2.75) is 33.4 Å². The van der Waals surface area contributed by atoms with E-state index < -0.39 is 0 Å². The first-order chi connectivity index (χ1) is 6.70. The largest absolute Gasteiger partial charge is 0.353 e. The SMILES string of the molecule is CCN(c1nccnc1CN)C(C)C. The molecule has 2 N–H and O–H groups in total. The van der Waals surface area contributed by atoms with E-state index in [1.54, 1.807) is 12.4 Å². The lowest BCUT2D eigenvalue weighted by Gasteiger charge is -2.27. The molecule has 0 atom stereocenters. The molecule has 1 heterocycles. The average molecular weight is 194 g/mol. The lowest BCUT2D eigenvalue weighted by Crippen LogP contribution is -2.32. The summed E-state index contributed by atoms with van der Waals surface area (Å²) in [5, 5.41) is 0. The third-order valence-corrected chi connectivity index (χ3v) is 2.18. The Balaban J connectivity index is 3.02. The van der Waals surface area contributed by atoms with Crippen molar-refractivity contribution in [2.24, 2.45) is 5.73 Å². The summed E-state index contributed by atoms with van der Waals surface area (Å²) >= 11 is 0. The van der Waals surface area contributed by atoms with E-state index in [0.717, 1.165) is 18.1 Å². The van der Waals surface area contributed by atoms with Gasteiger partial charge in [0.05, 0.1) is 5.69 Å². The highest BCUT2D eigenvalue weighted by Gasteiger charge is 2.13. The Morgan fingerprint density at radius 2 is 2.00 bits per heavy atom. The minimum atomic E-state index is 0.419. The number of nitrogens with two attached hydrogens (primary N) is 1. The zero-order chi connectivity index (χ0) is 10.6. The first-order valence-electron chi connectivity index (χ1n) is 4.97. The summed E-state index contributed by atoms with van der Waals surface area (Å²) in [5.41, 5.74) is 6.48. The minimum Gasteiger partial charge on any atom is -0.353 e. The molecule has 4 heteroatoms. The highest BCUT2D eigenvalue weighted by Crippen LogP contribution is 2.16. The molecule has 1 rings (SSSR count). The Bertz CT molecular complexity index is 285. The van der Waals surface area contributed by atoms with E-state index in [0.29, 0.717) is 12.6 Å². The van der Waals surface area contributed by atoms with Crippen LogP contribution in [0.25, 0.3) is 0 Å². The van der Waals surface area contributed by atoms with Crippen LogP contribution in [0.4, 0.5) is 5.82 Å². The van der Waals surface area contributed by atoms with Crippen LogP contribution in [0, 0.1) is 0 Å². The van der Waals surface area contributed by atoms with Gasteiger partial charge in [-0.05, 0) is 20.8 Å². The molecule has 0 aliphatic heterocycles. The molecule has 0 saturated carbocycles. The maximum absolute atomic E-state index is 5.61. The molecule has 0 unspecified atom stereocenters. The Kier molecular flexibility index (Phi) is 3.83. The molecule has 0 saturated heterocycles. The maximum Gasteiger partial charge on any atom is 0.151 e. The molecule has 78 valence electrons. The van der Waals surface area contributed by atoms with Gasteiger partial charge in [0.2, 0.25) is 0 Å². The van der Waals surface area contributed by atoms with Crippen molar-refractivity contribution in [3.8, 4) is 0 Å². The summed E-state index contributed by atoms with van der Waals surface area (Å²) in [5.74, 6) is 0.910. The van der Waals surface area contributed by atoms with Crippen molar-refractivity contribution in [2.75, 3.05) is 11.4 Å². The van der Waals surface area contributed by atoms with Crippen LogP contribution in [0.15, 0.2) is 12.4 Å². The molecule has 0 aliphatic rings. The van der Waals surface area contributed by atoms with Gasteiger partial charge in [-0.15, -0.1) is 0 Å². The number of aromatic nitrogens is 2. The fraction of sp³-hybridized carbons (Fsp3) is 0.600. The molecule has 4 nitrogen and oxygen atoms in total. The molecule has 0 aromatic carbocycles. The average Bonchev–Trinajstić information content (AvgIpc) is 2.19. The first kappa shape index (κ1) is 10.9. The summed E-state index contributed by atoms with van der Waals surface area (Å²) < 4.78 is 0. The standard InChI is InChI=1S/C10H18N4/c1-4-14(8(2)3)10-9(7-11)12-5-6-13-10/h5-6,8H,4,7,11H2,1-3H3. The molecule has 0 aliphatic carbocycles. The van der Waals surface area contributed by atoms with E-state index in [2.05, 4.69) is 35.6 Å². The second-order valence-electron chi connectivity index (χ2n) is 3.41. The van der Waals surface area contributed by atoms with Crippen molar-refractivity contribution >= 4 is 5.82 Å². The monoisotopic (exact) mass is 194 g/mol. The lowest BCUT2D eigenvalue weighted by molar-refractivity contribution is 0.683. The molecule has 0 spiro atoms. The van der Waals surface area contributed by atoms with E-state index in [4.69, 9.17) is 5.73 Å². The third kappa shape index (κ3) is 2.20. The quantitative estimate of drug-likeness (QED) is 0.781. The number of hydrogen-bond donors (Lipinski definition) is 1. The summed E-state index contributed by atoms with van der Waals surface area (Å²) in [6.07, 6.45) is 3.39. The maximum atomic E-state index is 5.61. The summed E-state index contributed by atoms with van der Waals surface area (Å²) in [6, 6.07) is 0.419. The van der Waals surface area contributed by atoms with Gasteiger partial charge in [-0.25, -0.2) is 4.98 Å². The minimum absolute atomic E-state index is 0.419. The van der Waals surface area contributed by atoms with Crippen LogP contribution in [-0.2, 0) is 6.54 Å². The topological polar surface area (TPSA) is 55.0 Å². The van der Waals surface area contributed by atoms with E-state index in [1.165, 1.54) is 0 Å². The van der Waals surface area contributed by atoms with Crippen LogP contribution in [0.2, 0.25) is 0 Å². The van der Waals surface area contributed by atoms with Crippen molar-refractivity contribution in [3.63, 3.8) is 0 Å². The van der Waals surface area contributed by atoms with E-state index in [1.807, 2.05) is 0 Å². The van der Waals surface area contributed by atoms with Crippen molar-refractivity contribution in [1.82, 2.24) is 9.97 Å². The van der Waals surface area contributed by atoms with Crippen LogP contribution in [0.1, 0.15) is 26.5 Å². The van der Waals surface area contributed by atoms with Gasteiger partial charge >= 0.3 is 0 Å². The number of hydrogen-bond acceptors (Lipinski definition) is 4. The molecule has 1 aromatic heterocycles. The second kappa shape index (κ2) is 4.91. The summed E-state index contributed by atoms with van der Waals surface area (Å²) in [4.78, 5) is 10.7. The fourth-order valence-corrected chi connectivity index (χ4v) is 1.50. The third-order valence-electron chi connectivity index (χ3n) is 2.18. The predicted octanol–water partition coefficient (Wildman–Crippen LogP) is 1.17. The molecular weight excluding hydrogens is 176 g/mol. The predicted molar refractivity (Wildman–Crippen MR) is 58.1 cm³/mol. The number of anilines is 1. The van der Waals surface area contributed by atoms with Crippen molar-refractivity contribution in [1.29, 1.82) is 0 Å². The Morgan fingerprint density at radius 1 is 1.36 bits per heavy atom. The number of rotatable bonds is 4. The van der Waals surface area contributed by atoms with Crippen LogP contribution in [-0.4, -0.2) is 22.6 Å². The highest BCUT2D eigenvalue weighted by atomic mass is 15.2. The van der Waals surface area contributed by atoms with Crippen LogP contribution in [0.3, 0.4) is 0 Å². The number of nitrogens with zero attached hydrogens (tertiary/aromatic N) is 3. The molecule has 0 bridgehead atoms. The summed E-state index contributed by atoms with van der Waals surface area (Å²) in [6.45, 7) is 7.74. The smallest absolute Gasteiger partial charge is 0.151 e. The zero-order valence-electron chi connectivity index (χ0n) is 9.07. The molecule has 1 aromatic rings. The van der Waals surface area contributed by atoms with E-state index >= 15 is 0 Å². The van der Waals surface area contributed by atoms with Gasteiger partial charge < -0.3 is 10.6 Å². The summed E-state index contributed by atoms with van der Waals surface area (Å²) in [7, 11) is 0. The Hall–Kier alpha value is -1.16. The van der Waals surface area contributed by atoms with Gasteiger partial charge in [0.15, 0.2) is 5.82 Å². The Labute approximate surface area is 85.2 Å². The van der Waals surface area contributed by atoms with Gasteiger partial charge in [-0.2, -0.15) is 0 Å². The second-order valence-corrected chi connectivity index (χ2v) is 3.41. The highest BCUT2D eigenvalue weighted by molar-refractivity contribution is 5.43. The lowest BCUT2D eigenvalue weighted by atomic mass is 10.3. The molecule has 0 amide bonds. The van der Waals surface area contributed by atoms with Crippen molar-refractivity contribution in [3.05, 3.63) is 18.1 Å². The van der Waals surface area contributed by atoms with Crippen LogP contribution in [0.5, 0.6) is 0 Å². The van der Waals surface area contributed by atoms with Gasteiger partial charge in [-0.1, -0.05) is 0 Å². The van der Waals surface area contributed by atoms with E-state index in [-0.39, 0.29) is 0 Å². The van der Waals surface area contributed by atoms with Gasteiger partial charge in [0.1, 0.15) is 0 Å².